The number of thiophene rings is 1. The van der Waals surface area contributed by atoms with E-state index in [4.69, 9.17) is 5.26 Å². The van der Waals surface area contributed by atoms with E-state index >= 15 is 0 Å². The number of carbonyl (C=O) groups excluding carboxylic acids is 1. The first-order valence-electron chi connectivity index (χ1n) is 7.04. The molecule has 0 bridgehead atoms. The van der Waals surface area contributed by atoms with Crippen molar-refractivity contribution in [2.75, 3.05) is 24.2 Å². The highest BCUT2D eigenvalue weighted by molar-refractivity contribution is 7.92. The lowest BCUT2D eigenvalue weighted by Crippen LogP contribution is -2.41. The summed E-state index contributed by atoms with van der Waals surface area (Å²) < 4.78 is 25.2. The lowest BCUT2D eigenvalue weighted by atomic mass is 10.2. The van der Waals surface area contributed by atoms with Crippen LogP contribution >= 0.6 is 11.3 Å². The quantitative estimate of drug-likeness (QED) is 0.786. The average molecular weight is 363 g/mol. The first kappa shape index (κ1) is 18.0. The number of amides is 1. The van der Waals surface area contributed by atoms with E-state index in [-0.39, 0.29) is 12.5 Å². The van der Waals surface area contributed by atoms with Crippen LogP contribution in [0.3, 0.4) is 0 Å². The van der Waals surface area contributed by atoms with Gasteiger partial charge in [-0.25, -0.2) is 8.42 Å². The van der Waals surface area contributed by atoms with Gasteiger partial charge in [0.1, 0.15) is 6.54 Å². The van der Waals surface area contributed by atoms with Crippen LogP contribution in [0, 0.1) is 11.3 Å². The molecule has 1 amide bonds. The third kappa shape index (κ3) is 4.57. The van der Waals surface area contributed by atoms with Crippen LogP contribution in [0.2, 0.25) is 0 Å². The molecule has 0 saturated heterocycles. The second kappa shape index (κ2) is 7.47. The molecule has 126 valence electrons. The Morgan fingerprint density at radius 2 is 2.08 bits per heavy atom. The Hall–Kier alpha value is -2.37. The van der Waals surface area contributed by atoms with Gasteiger partial charge < -0.3 is 4.90 Å². The van der Waals surface area contributed by atoms with Crippen molar-refractivity contribution in [1.29, 1.82) is 5.26 Å². The number of rotatable bonds is 6. The minimum Gasteiger partial charge on any atom is -0.340 e. The fourth-order valence-corrected chi connectivity index (χ4v) is 3.62. The molecule has 24 heavy (non-hydrogen) atoms. The molecule has 0 unspecified atom stereocenters. The van der Waals surface area contributed by atoms with Crippen molar-refractivity contribution in [3.05, 3.63) is 52.2 Å². The Morgan fingerprint density at radius 1 is 1.33 bits per heavy atom. The van der Waals surface area contributed by atoms with Gasteiger partial charge in [-0.1, -0.05) is 6.07 Å². The highest BCUT2D eigenvalue weighted by Gasteiger charge is 2.23. The first-order valence-corrected chi connectivity index (χ1v) is 9.83. The van der Waals surface area contributed by atoms with E-state index in [1.807, 2.05) is 22.9 Å². The van der Waals surface area contributed by atoms with Gasteiger partial charge in [-0.3, -0.25) is 9.10 Å². The van der Waals surface area contributed by atoms with Gasteiger partial charge in [-0.15, -0.1) is 0 Å². The normalized spacial score (nSPS) is 10.9. The summed E-state index contributed by atoms with van der Waals surface area (Å²) in [6.45, 7) is 0.104. The summed E-state index contributed by atoms with van der Waals surface area (Å²) in [5.74, 6) is -0.325. The number of anilines is 1. The van der Waals surface area contributed by atoms with Crippen LogP contribution in [0.4, 0.5) is 5.69 Å². The van der Waals surface area contributed by atoms with Crippen molar-refractivity contribution in [2.24, 2.45) is 0 Å². The second-order valence-corrected chi connectivity index (χ2v) is 8.00. The number of benzene rings is 1. The SMILES string of the molecule is CN(Cc1ccsc1)C(=O)CN(c1cccc(C#N)c1)S(C)(=O)=O. The van der Waals surface area contributed by atoms with Crippen LogP contribution in [0.25, 0.3) is 0 Å². The number of hydrogen-bond acceptors (Lipinski definition) is 5. The van der Waals surface area contributed by atoms with Crippen LogP contribution in [0.15, 0.2) is 41.1 Å². The molecule has 2 aromatic rings. The summed E-state index contributed by atoms with van der Waals surface area (Å²) in [4.78, 5) is 13.9. The van der Waals surface area contributed by atoms with E-state index in [1.54, 1.807) is 25.2 Å². The summed E-state index contributed by atoms with van der Waals surface area (Å²) in [5.41, 5.74) is 1.63. The first-order chi connectivity index (χ1) is 11.3. The average Bonchev–Trinajstić information content (AvgIpc) is 3.04. The number of carbonyl (C=O) groups is 1. The maximum atomic E-state index is 12.4. The maximum absolute atomic E-state index is 12.4. The Balaban J connectivity index is 2.20. The Morgan fingerprint density at radius 3 is 2.67 bits per heavy atom. The highest BCUT2D eigenvalue weighted by atomic mass is 32.2. The molecule has 1 aromatic carbocycles. The second-order valence-electron chi connectivity index (χ2n) is 5.31. The van der Waals surface area contributed by atoms with Crippen LogP contribution in [-0.4, -0.2) is 39.1 Å². The molecule has 2 rings (SSSR count). The number of nitrogens with zero attached hydrogens (tertiary/aromatic N) is 3. The van der Waals surface area contributed by atoms with E-state index in [9.17, 15) is 13.2 Å². The van der Waals surface area contributed by atoms with Crippen LogP contribution in [-0.2, 0) is 21.4 Å². The molecule has 8 heteroatoms. The lowest BCUT2D eigenvalue weighted by Gasteiger charge is -2.25. The van der Waals surface area contributed by atoms with Crippen LogP contribution in [0.5, 0.6) is 0 Å². The maximum Gasteiger partial charge on any atom is 0.243 e. The lowest BCUT2D eigenvalue weighted by molar-refractivity contribution is -0.128. The summed E-state index contributed by atoms with van der Waals surface area (Å²) in [7, 11) is -2.02. The smallest absolute Gasteiger partial charge is 0.243 e. The summed E-state index contributed by atoms with van der Waals surface area (Å²) in [6.07, 6.45) is 1.04. The molecule has 0 radical (unpaired) electrons. The summed E-state index contributed by atoms with van der Waals surface area (Å²) in [6, 6.07) is 10.1. The zero-order chi connectivity index (χ0) is 17.7. The van der Waals surface area contributed by atoms with E-state index in [2.05, 4.69) is 0 Å². The van der Waals surface area contributed by atoms with Gasteiger partial charge in [0.25, 0.3) is 0 Å². The van der Waals surface area contributed by atoms with Crippen molar-refractivity contribution in [2.45, 2.75) is 6.54 Å². The third-order valence-corrected chi connectivity index (χ3v) is 5.24. The van der Waals surface area contributed by atoms with Gasteiger partial charge in [-0.05, 0) is 40.6 Å². The Labute approximate surface area is 145 Å². The fourth-order valence-electron chi connectivity index (χ4n) is 2.12. The van der Waals surface area contributed by atoms with Gasteiger partial charge in [0, 0.05) is 13.6 Å². The largest absolute Gasteiger partial charge is 0.340 e. The van der Waals surface area contributed by atoms with Crippen molar-refractivity contribution < 1.29 is 13.2 Å². The zero-order valence-corrected chi connectivity index (χ0v) is 15.0. The Kier molecular flexibility index (Phi) is 5.59. The van der Waals surface area contributed by atoms with Crippen molar-refractivity contribution in [3.8, 4) is 6.07 Å². The van der Waals surface area contributed by atoms with E-state index in [0.29, 0.717) is 17.8 Å². The molecule has 1 heterocycles. The summed E-state index contributed by atoms with van der Waals surface area (Å²) >= 11 is 1.54. The molecule has 0 N–H and O–H groups in total. The predicted octanol–water partition coefficient (Wildman–Crippen LogP) is 2.04. The molecule has 0 aliphatic heterocycles. The molecule has 0 aliphatic rings. The standard InChI is InChI=1S/C16H17N3O3S2/c1-18(10-14-6-7-23-12-14)16(20)11-19(24(2,21)22)15-5-3-4-13(8-15)9-17/h3-8,12H,10-11H2,1-2H3. The van der Waals surface area contributed by atoms with Gasteiger partial charge in [0.05, 0.1) is 23.6 Å². The monoisotopic (exact) mass is 363 g/mol. The molecule has 1 aromatic heterocycles. The predicted molar refractivity (Wildman–Crippen MR) is 94.1 cm³/mol. The van der Waals surface area contributed by atoms with Gasteiger partial charge in [0.15, 0.2) is 0 Å². The molecule has 6 nitrogen and oxygen atoms in total. The molecule has 0 spiro atoms. The van der Waals surface area contributed by atoms with Gasteiger partial charge in [0.2, 0.25) is 15.9 Å². The Bertz CT molecular complexity index is 855. The van der Waals surface area contributed by atoms with Crippen LogP contribution in [0.1, 0.15) is 11.1 Å². The zero-order valence-electron chi connectivity index (χ0n) is 13.3. The number of nitriles is 1. The minimum atomic E-state index is -3.66. The topological polar surface area (TPSA) is 81.5 Å². The minimum absolute atomic E-state index is 0.300. The number of sulfonamides is 1. The summed E-state index contributed by atoms with van der Waals surface area (Å²) in [5, 5.41) is 12.8. The van der Waals surface area contributed by atoms with Gasteiger partial charge in [-0.2, -0.15) is 16.6 Å². The third-order valence-electron chi connectivity index (χ3n) is 3.37. The van der Waals surface area contributed by atoms with Crippen molar-refractivity contribution >= 4 is 33.0 Å². The molecule has 0 fully saturated rings. The van der Waals surface area contributed by atoms with E-state index in [0.717, 1.165) is 16.1 Å². The molecule has 0 atom stereocenters. The van der Waals surface area contributed by atoms with Gasteiger partial charge >= 0.3 is 0 Å². The van der Waals surface area contributed by atoms with Crippen molar-refractivity contribution in [1.82, 2.24) is 4.90 Å². The molecular formula is C16H17N3O3S2. The molecule has 0 saturated carbocycles. The number of likely N-dealkylation sites (N-methyl/N-ethyl adjacent to an activating group) is 1. The fraction of sp³-hybridized carbons (Fsp3) is 0.250. The van der Waals surface area contributed by atoms with E-state index in [1.165, 1.54) is 22.3 Å². The highest BCUT2D eigenvalue weighted by Crippen LogP contribution is 2.19. The van der Waals surface area contributed by atoms with E-state index < -0.39 is 10.0 Å². The van der Waals surface area contributed by atoms with Crippen molar-refractivity contribution in [3.63, 3.8) is 0 Å². The molecule has 0 aliphatic carbocycles. The number of hydrogen-bond donors (Lipinski definition) is 0. The van der Waals surface area contributed by atoms with Crippen LogP contribution < -0.4 is 4.31 Å². The molecular weight excluding hydrogens is 346 g/mol.